The summed E-state index contributed by atoms with van der Waals surface area (Å²) in [6.07, 6.45) is 1.98. The molecule has 0 bridgehead atoms. The molecule has 1 aromatic heterocycles. The fourth-order valence-corrected chi connectivity index (χ4v) is 2.64. The Morgan fingerprint density at radius 3 is 2.68 bits per heavy atom. The topological polar surface area (TPSA) is 99.9 Å². The van der Waals surface area contributed by atoms with Crippen LogP contribution < -0.4 is 15.4 Å². The summed E-state index contributed by atoms with van der Waals surface area (Å²) < 4.78 is 5.31. The Hall–Kier alpha value is -3.92. The number of nitriles is 1. The number of methoxy groups -OCH3 is 1. The second-order valence-corrected chi connectivity index (χ2v) is 5.92. The summed E-state index contributed by atoms with van der Waals surface area (Å²) in [5.74, 6) is 1.02. The summed E-state index contributed by atoms with van der Waals surface area (Å²) in [4.78, 5) is 20.5. The SMILES string of the molecule is COc1ccccc1CCNC(=O)c1cc(Nc2ccc(C#N)cc2)ncn1. The summed E-state index contributed by atoms with van der Waals surface area (Å²) in [5.41, 5.74) is 2.63. The molecule has 0 aliphatic heterocycles. The van der Waals surface area contributed by atoms with Gasteiger partial charge in [-0.05, 0) is 42.3 Å². The van der Waals surface area contributed by atoms with Crippen LogP contribution in [0.2, 0.25) is 0 Å². The third kappa shape index (κ3) is 4.83. The minimum atomic E-state index is -0.278. The Kier molecular flexibility index (Phi) is 6.16. The zero-order valence-corrected chi connectivity index (χ0v) is 15.3. The van der Waals surface area contributed by atoms with Gasteiger partial charge in [0, 0.05) is 18.3 Å². The van der Waals surface area contributed by atoms with Crippen LogP contribution >= 0.6 is 0 Å². The van der Waals surface area contributed by atoms with E-state index < -0.39 is 0 Å². The summed E-state index contributed by atoms with van der Waals surface area (Å²) >= 11 is 0. The highest BCUT2D eigenvalue weighted by Crippen LogP contribution is 2.17. The van der Waals surface area contributed by atoms with Crippen LogP contribution in [0.5, 0.6) is 5.75 Å². The first-order chi connectivity index (χ1) is 13.7. The number of carbonyl (C=O) groups excluding carboxylic acids is 1. The van der Waals surface area contributed by atoms with Gasteiger partial charge in [-0.25, -0.2) is 9.97 Å². The van der Waals surface area contributed by atoms with E-state index in [2.05, 4.69) is 26.7 Å². The maximum atomic E-state index is 12.4. The molecule has 0 spiro atoms. The number of nitrogens with zero attached hydrogens (tertiary/aromatic N) is 3. The van der Waals surface area contributed by atoms with Crippen molar-refractivity contribution in [2.75, 3.05) is 19.0 Å². The maximum absolute atomic E-state index is 12.4. The molecule has 140 valence electrons. The summed E-state index contributed by atoms with van der Waals surface area (Å²) in [6, 6.07) is 18.3. The summed E-state index contributed by atoms with van der Waals surface area (Å²) in [7, 11) is 1.63. The third-order valence-electron chi connectivity index (χ3n) is 4.06. The van der Waals surface area contributed by atoms with Crippen LogP contribution in [0.25, 0.3) is 0 Å². The van der Waals surface area contributed by atoms with Crippen molar-refractivity contribution in [1.82, 2.24) is 15.3 Å². The smallest absolute Gasteiger partial charge is 0.270 e. The molecule has 7 nitrogen and oxygen atoms in total. The monoisotopic (exact) mass is 373 g/mol. The predicted octanol–water partition coefficient (Wildman–Crippen LogP) is 3.07. The van der Waals surface area contributed by atoms with E-state index in [4.69, 9.17) is 10.00 Å². The molecular weight excluding hydrogens is 354 g/mol. The molecule has 1 heterocycles. The van der Waals surface area contributed by atoms with E-state index in [0.717, 1.165) is 17.0 Å². The van der Waals surface area contributed by atoms with Gasteiger partial charge in [0.25, 0.3) is 5.91 Å². The van der Waals surface area contributed by atoms with E-state index in [-0.39, 0.29) is 11.6 Å². The number of anilines is 2. The average molecular weight is 373 g/mol. The molecule has 0 unspecified atom stereocenters. The van der Waals surface area contributed by atoms with Crippen molar-refractivity contribution in [2.45, 2.75) is 6.42 Å². The van der Waals surface area contributed by atoms with Crippen molar-refractivity contribution in [3.05, 3.63) is 77.7 Å². The molecule has 3 rings (SSSR count). The van der Waals surface area contributed by atoms with E-state index in [1.54, 1.807) is 37.4 Å². The van der Waals surface area contributed by atoms with Crippen LogP contribution in [-0.2, 0) is 6.42 Å². The van der Waals surface area contributed by atoms with Gasteiger partial charge >= 0.3 is 0 Å². The van der Waals surface area contributed by atoms with Gasteiger partial charge in [0.2, 0.25) is 0 Å². The van der Waals surface area contributed by atoms with Gasteiger partial charge in [0.05, 0.1) is 18.7 Å². The van der Waals surface area contributed by atoms with Gasteiger partial charge in [-0.2, -0.15) is 5.26 Å². The number of carbonyl (C=O) groups is 1. The highest BCUT2D eigenvalue weighted by molar-refractivity contribution is 5.92. The Morgan fingerprint density at radius 2 is 1.93 bits per heavy atom. The molecule has 28 heavy (non-hydrogen) atoms. The van der Waals surface area contributed by atoms with Gasteiger partial charge in [0.15, 0.2) is 0 Å². The maximum Gasteiger partial charge on any atom is 0.270 e. The summed E-state index contributed by atoms with van der Waals surface area (Å²) in [5, 5.41) is 14.8. The van der Waals surface area contributed by atoms with Crippen LogP contribution in [-0.4, -0.2) is 29.5 Å². The van der Waals surface area contributed by atoms with Gasteiger partial charge in [0.1, 0.15) is 23.6 Å². The number of aromatic nitrogens is 2. The van der Waals surface area contributed by atoms with Gasteiger partial charge < -0.3 is 15.4 Å². The number of hydrogen-bond acceptors (Lipinski definition) is 6. The van der Waals surface area contributed by atoms with Crippen LogP contribution in [0.1, 0.15) is 21.6 Å². The molecule has 0 aliphatic rings. The first-order valence-corrected chi connectivity index (χ1v) is 8.69. The molecule has 1 amide bonds. The molecule has 3 aromatic rings. The van der Waals surface area contributed by atoms with Crippen LogP contribution in [0.3, 0.4) is 0 Å². The van der Waals surface area contributed by atoms with Crippen LogP contribution in [0.15, 0.2) is 60.9 Å². The van der Waals surface area contributed by atoms with E-state index in [9.17, 15) is 4.79 Å². The van der Waals surface area contributed by atoms with Crippen LogP contribution in [0, 0.1) is 11.3 Å². The van der Waals surface area contributed by atoms with E-state index >= 15 is 0 Å². The zero-order valence-electron chi connectivity index (χ0n) is 15.3. The van der Waals surface area contributed by atoms with Gasteiger partial charge in [-0.1, -0.05) is 18.2 Å². The second-order valence-electron chi connectivity index (χ2n) is 5.92. The standard InChI is InChI=1S/C21H19N5O2/c1-28-19-5-3-2-4-16(19)10-11-23-21(27)18-12-20(25-14-24-18)26-17-8-6-15(13-22)7-9-17/h2-9,12,14H,10-11H2,1H3,(H,23,27)(H,24,25,26). The molecule has 2 aromatic carbocycles. The Balaban J connectivity index is 1.59. The highest BCUT2D eigenvalue weighted by atomic mass is 16.5. The van der Waals surface area contributed by atoms with E-state index in [0.29, 0.717) is 24.3 Å². The fourth-order valence-electron chi connectivity index (χ4n) is 2.64. The molecule has 0 aliphatic carbocycles. The molecule has 0 atom stereocenters. The third-order valence-corrected chi connectivity index (χ3v) is 4.06. The quantitative estimate of drug-likeness (QED) is 0.660. The van der Waals surface area contributed by atoms with Crippen molar-refractivity contribution in [2.24, 2.45) is 0 Å². The number of hydrogen-bond donors (Lipinski definition) is 2. The Bertz CT molecular complexity index is 996. The van der Waals surface area contributed by atoms with Crippen molar-refractivity contribution in [1.29, 1.82) is 5.26 Å². The van der Waals surface area contributed by atoms with Gasteiger partial charge in [-0.3, -0.25) is 4.79 Å². The van der Waals surface area contributed by atoms with Crippen molar-refractivity contribution in [3.63, 3.8) is 0 Å². The predicted molar refractivity (Wildman–Crippen MR) is 106 cm³/mol. The molecule has 2 N–H and O–H groups in total. The first kappa shape index (κ1) is 18.9. The zero-order chi connectivity index (χ0) is 19.8. The largest absolute Gasteiger partial charge is 0.496 e. The number of rotatable bonds is 7. The minimum absolute atomic E-state index is 0.270. The second kappa shape index (κ2) is 9.14. The molecule has 0 fully saturated rings. The number of benzene rings is 2. The van der Waals surface area contributed by atoms with E-state index in [1.807, 2.05) is 24.3 Å². The number of para-hydroxylation sites is 1. The van der Waals surface area contributed by atoms with Crippen LogP contribution in [0.4, 0.5) is 11.5 Å². The Labute approximate surface area is 163 Å². The number of amides is 1. The molecule has 7 heteroatoms. The normalized spacial score (nSPS) is 10.0. The fraction of sp³-hybridized carbons (Fsp3) is 0.143. The lowest BCUT2D eigenvalue weighted by molar-refractivity contribution is 0.0949. The average Bonchev–Trinajstić information content (AvgIpc) is 2.74. The minimum Gasteiger partial charge on any atom is -0.496 e. The summed E-state index contributed by atoms with van der Waals surface area (Å²) in [6.45, 7) is 0.460. The lowest BCUT2D eigenvalue weighted by Gasteiger charge is -2.09. The molecule has 0 saturated heterocycles. The lowest BCUT2D eigenvalue weighted by Crippen LogP contribution is -2.26. The number of ether oxygens (including phenoxy) is 1. The molecular formula is C21H19N5O2. The van der Waals surface area contributed by atoms with Crippen molar-refractivity contribution in [3.8, 4) is 11.8 Å². The lowest BCUT2D eigenvalue weighted by atomic mass is 10.1. The van der Waals surface area contributed by atoms with E-state index in [1.165, 1.54) is 6.33 Å². The molecule has 0 saturated carbocycles. The Morgan fingerprint density at radius 1 is 1.14 bits per heavy atom. The number of nitrogens with one attached hydrogen (secondary N) is 2. The van der Waals surface area contributed by atoms with Crippen molar-refractivity contribution >= 4 is 17.4 Å². The molecule has 0 radical (unpaired) electrons. The highest BCUT2D eigenvalue weighted by Gasteiger charge is 2.09. The first-order valence-electron chi connectivity index (χ1n) is 8.69. The van der Waals surface area contributed by atoms with Crippen molar-refractivity contribution < 1.29 is 9.53 Å². The van der Waals surface area contributed by atoms with Gasteiger partial charge in [-0.15, -0.1) is 0 Å².